The van der Waals surface area contributed by atoms with Gasteiger partial charge >= 0.3 is 5.97 Å². The number of imidazole rings is 1. The number of esters is 1. The zero-order chi connectivity index (χ0) is 27.3. The highest BCUT2D eigenvalue weighted by molar-refractivity contribution is 6.48. The molecule has 0 fully saturated rings. The molecule has 0 unspecified atom stereocenters. The standard InChI is InChI=1S/C26H26Cl2N4O5/c1-6-36-23(34)12-22(33)20(13-29)30-14-15-9-17(27)24(18(28)10-15)37-16-7-8-19-21(11-16)32(26(2,3)4)25(31-19)35-5/h7-11H,6,12,14H2,1-5H3. The van der Waals surface area contributed by atoms with Gasteiger partial charge in [0.15, 0.2) is 11.5 Å². The van der Waals surface area contributed by atoms with Crippen LogP contribution in [-0.4, -0.2) is 40.7 Å². The molecule has 3 aromatic rings. The molecule has 0 aliphatic carbocycles. The van der Waals surface area contributed by atoms with Gasteiger partial charge in [0.2, 0.25) is 5.78 Å². The Balaban J connectivity index is 1.84. The summed E-state index contributed by atoms with van der Waals surface area (Å²) in [6.45, 7) is 7.84. The van der Waals surface area contributed by atoms with E-state index in [1.807, 2.05) is 37.5 Å². The summed E-state index contributed by atoms with van der Waals surface area (Å²) in [5.41, 5.74) is 1.42. The lowest BCUT2D eigenvalue weighted by atomic mass is 10.1. The maximum absolute atomic E-state index is 12.1. The number of halogens is 2. The minimum Gasteiger partial charge on any atom is -0.468 e. The lowest BCUT2D eigenvalue weighted by molar-refractivity contribution is -0.144. The first-order valence-electron chi connectivity index (χ1n) is 11.3. The molecule has 0 aliphatic heterocycles. The Bertz CT molecular complexity index is 1390. The number of hydrogen-bond donors (Lipinski definition) is 0. The largest absolute Gasteiger partial charge is 0.468 e. The maximum atomic E-state index is 12.1. The molecule has 9 nitrogen and oxygen atoms in total. The highest BCUT2D eigenvalue weighted by Gasteiger charge is 2.23. The number of benzene rings is 2. The molecule has 3 rings (SSSR count). The topological polar surface area (TPSA) is 116 Å². The molecule has 0 N–H and O–H groups in total. The van der Waals surface area contributed by atoms with E-state index in [0.717, 1.165) is 11.0 Å². The van der Waals surface area contributed by atoms with Crippen molar-refractivity contribution in [1.29, 1.82) is 5.26 Å². The number of ether oxygens (including phenoxy) is 3. The molecule has 0 saturated carbocycles. The van der Waals surface area contributed by atoms with Gasteiger partial charge in [0.1, 0.15) is 18.2 Å². The van der Waals surface area contributed by atoms with Crippen LogP contribution in [0.25, 0.3) is 11.0 Å². The van der Waals surface area contributed by atoms with Gasteiger partial charge < -0.3 is 14.2 Å². The van der Waals surface area contributed by atoms with Crippen LogP contribution in [0.1, 0.15) is 39.7 Å². The minimum absolute atomic E-state index is 0.0479. The molecule has 1 heterocycles. The number of nitrogens with zero attached hydrogens (tertiary/aromatic N) is 4. The molecule has 0 spiro atoms. The number of rotatable bonds is 9. The number of Topliss-reactive ketones (excluding diaryl/α,β-unsaturated/α-hetero) is 1. The number of aromatic nitrogens is 2. The Hall–Kier alpha value is -3.61. The number of carbonyl (C=O) groups is 2. The summed E-state index contributed by atoms with van der Waals surface area (Å²) in [5, 5.41) is 9.69. The van der Waals surface area contributed by atoms with Crippen molar-refractivity contribution in [2.24, 2.45) is 4.99 Å². The van der Waals surface area contributed by atoms with Gasteiger partial charge in [-0.2, -0.15) is 10.2 Å². The van der Waals surface area contributed by atoms with E-state index in [-0.39, 0.29) is 40.2 Å². The second-order valence-corrected chi connectivity index (χ2v) is 9.74. The van der Waals surface area contributed by atoms with E-state index in [2.05, 4.69) is 9.98 Å². The molecule has 37 heavy (non-hydrogen) atoms. The van der Waals surface area contributed by atoms with E-state index >= 15 is 0 Å². The van der Waals surface area contributed by atoms with Crippen molar-refractivity contribution in [2.45, 2.75) is 46.2 Å². The number of aliphatic imine (C=N–C) groups is 1. The van der Waals surface area contributed by atoms with Crippen LogP contribution in [0.2, 0.25) is 10.0 Å². The second-order valence-electron chi connectivity index (χ2n) is 8.93. The summed E-state index contributed by atoms with van der Waals surface area (Å²) in [4.78, 5) is 32.2. The first-order valence-corrected chi connectivity index (χ1v) is 12.1. The van der Waals surface area contributed by atoms with Crippen LogP contribution in [0.5, 0.6) is 17.5 Å². The van der Waals surface area contributed by atoms with E-state index < -0.39 is 18.2 Å². The maximum Gasteiger partial charge on any atom is 0.313 e. The zero-order valence-electron chi connectivity index (χ0n) is 21.1. The monoisotopic (exact) mass is 544 g/mol. The molecule has 194 valence electrons. The molecule has 0 amide bonds. The van der Waals surface area contributed by atoms with Crippen molar-refractivity contribution in [3.05, 3.63) is 45.9 Å². The van der Waals surface area contributed by atoms with Crippen LogP contribution in [0, 0.1) is 11.3 Å². The highest BCUT2D eigenvalue weighted by Crippen LogP contribution is 2.39. The van der Waals surface area contributed by atoms with Gasteiger partial charge in [0, 0.05) is 11.6 Å². The molecule has 2 aromatic carbocycles. The summed E-state index contributed by atoms with van der Waals surface area (Å²) in [6.07, 6.45) is -0.557. The van der Waals surface area contributed by atoms with E-state index in [1.54, 1.807) is 38.3 Å². The van der Waals surface area contributed by atoms with E-state index in [0.29, 0.717) is 17.3 Å². The Morgan fingerprint density at radius 2 is 1.84 bits per heavy atom. The van der Waals surface area contributed by atoms with Gasteiger partial charge in [0.25, 0.3) is 6.01 Å². The predicted molar refractivity (Wildman–Crippen MR) is 141 cm³/mol. The first kappa shape index (κ1) is 28.0. The van der Waals surface area contributed by atoms with Crippen LogP contribution in [0.4, 0.5) is 0 Å². The molecule has 0 aliphatic rings. The Morgan fingerprint density at radius 1 is 1.16 bits per heavy atom. The first-order chi connectivity index (χ1) is 17.5. The van der Waals surface area contributed by atoms with Crippen molar-refractivity contribution >= 4 is 51.7 Å². The molecule has 0 saturated heterocycles. The number of ketones is 1. The van der Waals surface area contributed by atoms with Crippen molar-refractivity contribution in [2.75, 3.05) is 13.7 Å². The normalized spacial score (nSPS) is 11.8. The van der Waals surface area contributed by atoms with E-state index in [9.17, 15) is 14.9 Å². The van der Waals surface area contributed by atoms with Gasteiger partial charge in [-0.15, -0.1) is 0 Å². The van der Waals surface area contributed by atoms with Crippen LogP contribution in [0.15, 0.2) is 35.3 Å². The Morgan fingerprint density at radius 3 is 2.41 bits per heavy atom. The summed E-state index contributed by atoms with van der Waals surface area (Å²) >= 11 is 12.9. The lowest BCUT2D eigenvalue weighted by Crippen LogP contribution is -2.22. The lowest BCUT2D eigenvalue weighted by Gasteiger charge is -2.23. The number of nitriles is 1. The molecule has 0 bridgehead atoms. The van der Waals surface area contributed by atoms with Crippen molar-refractivity contribution in [1.82, 2.24) is 9.55 Å². The summed E-state index contributed by atoms with van der Waals surface area (Å²) < 4.78 is 18.2. The van der Waals surface area contributed by atoms with Gasteiger partial charge in [0.05, 0.1) is 41.3 Å². The van der Waals surface area contributed by atoms with Crippen LogP contribution >= 0.6 is 23.2 Å². The van der Waals surface area contributed by atoms with Gasteiger partial charge in [-0.3, -0.25) is 19.1 Å². The van der Waals surface area contributed by atoms with Crippen LogP contribution in [0.3, 0.4) is 0 Å². The average molecular weight is 545 g/mol. The summed E-state index contributed by atoms with van der Waals surface area (Å²) in [7, 11) is 1.57. The van der Waals surface area contributed by atoms with E-state index in [4.69, 9.17) is 37.4 Å². The number of hydrogen-bond acceptors (Lipinski definition) is 8. The quantitative estimate of drug-likeness (QED) is 0.187. The Kier molecular flexibility index (Phi) is 8.79. The number of methoxy groups -OCH3 is 1. The fraction of sp³-hybridized carbons (Fsp3) is 0.346. The summed E-state index contributed by atoms with van der Waals surface area (Å²) in [6, 6.07) is 10.8. The fourth-order valence-electron chi connectivity index (χ4n) is 3.58. The second kappa shape index (κ2) is 11.6. The summed E-state index contributed by atoms with van der Waals surface area (Å²) in [5.74, 6) is -0.709. The molecular weight excluding hydrogens is 519 g/mol. The van der Waals surface area contributed by atoms with Crippen LogP contribution in [-0.2, 0) is 26.4 Å². The van der Waals surface area contributed by atoms with Crippen molar-refractivity contribution in [3.63, 3.8) is 0 Å². The van der Waals surface area contributed by atoms with Crippen molar-refractivity contribution in [3.8, 4) is 23.6 Å². The SMILES string of the molecule is CCOC(=O)CC(=O)C(C#N)=NCc1cc(Cl)c(Oc2ccc3nc(OC)n(C(C)(C)C)c3c2)c(Cl)c1. The Labute approximate surface area is 224 Å². The predicted octanol–water partition coefficient (Wildman–Crippen LogP) is 5.89. The highest BCUT2D eigenvalue weighted by atomic mass is 35.5. The molecule has 1 aromatic heterocycles. The third kappa shape index (κ3) is 6.59. The zero-order valence-corrected chi connectivity index (χ0v) is 22.6. The smallest absolute Gasteiger partial charge is 0.313 e. The van der Waals surface area contributed by atoms with Crippen LogP contribution < -0.4 is 9.47 Å². The third-order valence-electron chi connectivity index (χ3n) is 5.13. The molecular formula is C26H26Cl2N4O5. The van der Waals surface area contributed by atoms with Gasteiger partial charge in [-0.1, -0.05) is 23.2 Å². The molecule has 0 atom stereocenters. The minimum atomic E-state index is -0.723. The van der Waals surface area contributed by atoms with Crippen molar-refractivity contribution < 1.29 is 23.8 Å². The number of carbonyl (C=O) groups excluding carboxylic acids is 2. The van der Waals surface area contributed by atoms with Gasteiger partial charge in [-0.25, -0.2) is 0 Å². The fourth-order valence-corrected chi connectivity index (χ4v) is 4.19. The number of fused-ring (bicyclic) bond motifs is 1. The average Bonchev–Trinajstić information content (AvgIpc) is 3.20. The third-order valence-corrected chi connectivity index (χ3v) is 5.69. The van der Waals surface area contributed by atoms with E-state index in [1.165, 1.54) is 0 Å². The van der Waals surface area contributed by atoms with Gasteiger partial charge in [-0.05, 0) is 57.5 Å². The molecule has 0 radical (unpaired) electrons. The molecule has 11 heteroatoms.